The van der Waals surface area contributed by atoms with Gasteiger partial charge < -0.3 is 15.0 Å². The number of carbonyl (C=O) groups is 1. The Labute approximate surface area is 177 Å². The van der Waals surface area contributed by atoms with Crippen LogP contribution in [-0.4, -0.2) is 90.3 Å². The van der Waals surface area contributed by atoms with E-state index in [2.05, 4.69) is 29.0 Å². The summed E-state index contributed by atoms with van der Waals surface area (Å²) >= 11 is 0. The normalized spacial score (nSPS) is 30.0. The molecule has 4 aliphatic rings. The summed E-state index contributed by atoms with van der Waals surface area (Å²) < 4.78 is 6.37. The molecule has 3 aliphatic heterocycles. The van der Waals surface area contributed by atoms with E-state index in [1.165, 1.54) is 45.4 Å². The molecule has 1 spiro atoms. The number of hydrogen-bond donors (Lipinski definition) is 1. The lowest BCUT2D eigenvalue weighted by atomic mass is 9.81. The minimum atomic E-state index is -0.000280. The summed E-state index contributed by atoms with van der Waals surface area (Å²) in [4.78, 5) is 20.0. The van der Waals surface area contributed by atoms with Crippen molar-refractivity contribution in [3.63, 3.8) is 0 Å². The van der Waals surface area contributed by atoms with Crippen LogP contribution in [0.25, 0.3) is 0 Å². The fourth-order valence-corrected chi connectivity index (χ4v) is 5.91. The van der Waals surface area contributed by atoms with E-state index in [9.17, 15) is 4.79 Å². The Kier molecular flexibility index (Phi) is 7.02. The smallest absolute Gasteiger partial charge is 0.317 e. The first-order chi connectivity index (χ1) is 14.0. The van der Waals surface area contributed by atoms with Crippen molar-refractivity contribution in [3.05, 3.63) is 0 Å². The van der Waals surface area contributed by atoms with E-state index in [1.54, 1.807) is 0 Å². The summed E-state index contributed by atoms with van der Waals surface area (Å²) in [5.74, 6) is 0. The summed E-state index contributed by atoms with van der Waals surface area (Å²) in [6.45, 7) is 11.9. The number of likely N-dealkylation sites (tertiary alicyclic amines) is 1. The molecule has 0 aromatic carbocycles. The quantitative estimate of drug-likeness (QED) is 0.783. The van der Waals surface area contributed by atoms with Crippen LogP contribution in [0.1, 0.15) is 71.6 Å². The van der Waals surface area contributed by atoms with Gasteiger partial charge in [0.15, 0.2) is 0 Å². The lowest BCUT2D eigenvalue weighted by molar-refractivity contribution is -0.132. The number of nitrogens with one attached hydrogen (secondary N) is 1. The van der Waals surface area contributed by atoms with E-state index in [1.807, 2.05) is 4.90 Å². The van der Waals surface area contributed by atoms with Gasteiger partial charge in [0.25, 0.3) is 0 Å². The van der Waals surface area contributed by atoms with Crippen LogP contribution in [0.4, 0.5) is 4.79 Å². The van der Waals surface area contributed by atoms with Gasteiger partial charge in [-0.15, -0.1) is 0 Å². The van der Waals surface area contributed by atoms with Crippen molar-refractivity contribution >= 4 is 6.03 Å². The van der Waals surface area contributed by atoms with Crippen LogP contribution < -0.4 is 5.32 Å². The Morgan fingerprint density at radius 1 is 0.966 bits per heavy atom. The number of piperazine rings is 1. The molecule has 0 aromatic rings. The molecule has 4 fully saturated rings. The van der Waals surface area contributed by atoms with Crippen molar-refractivity contribution in [2.75, 3.05) is 45.9 Å². The zero-order chi connectivity index (χ0) is 20.3. The maximum Gasteiger partial charge on any atom is 0.317 e. The number of urea groups is 1. The van der Waals surface area contributed by atoms with Crippen molar-refractivity contribution in [2.45, 2.75) is 95.4 Å². The highest BCUT2D eigenvalue weighted by Gasteiger charge is 2.43. The Morgan fingerprint density at radius 3 is 2.31 bits per heavy atom. The lowest BCUT2D eigenvalue weighted by Crippen LogP contribution is -2.58. The van der Waals surface area contributed by atoms with Crippen LogP contribution in [0.3, 0.4) is 0 Å². The third-order valence-corrected chi connectivity index (χ3v) is 7.96. The van der Waals surface area contributed by atoms with Crippen LogP contribution in [0.2, 0.25) is 0 Å². The molecule has 1 N–H and O–H groups in total. The molecule has 166 valence electrons. The maximum absolute atomic E-state index is 12.7. The van der Waals surface area contributed by atoms with Crippen molar-refractivity contribution in [3.8, 4) is 0 Å². The fourth-order valence-electron chi connectivity index (χ4n) is 5.91. The molecule has 2 amide bonds. The van der Waals surface area contributed by atoms with Gasteiger partial charge in [0.1, 0.15) is 0 Å². The van der Waals surface area contributed by atoms with Gasteiger partial charge in [0, 0.05) is 64.0 Å². The van der Waals surface area contributed by atoms with Gasteiger partial charge in [-0.25, -0.2) is 4.79 Å². The third kappa shape index (κ3) is 5.26. The Bertz CT molecular complexity index is 533. The molecule has 4 rings (SSSR count). The molecule has 3 heterocycles. The molecule has 3 saturated heterocycles. The van der Waals surface area contributed by atoms with E-state index >= 15 is 0 Å². The summed E-state index contributed by atoms with van der Waals surface area (Å²) in [5.41, 5.74) is -0.000280. The molecule has 1 atom stereocenters. The van der Waals surface area contributed by atoms with Gasteiger partial charge in [0.2, 0.25) is 0 Å². The molecule has 6 heteroatoms. The Morgan fingerprint density at radius 2 is 1.66 bits per heavy atom. The molecule has 1 unspecified atom stereocenters. The summed E-state index contributed by atoms with van der Waals surface area (Å²) in [6.07, 6.45) is 10.4. The lowest BCUT2D eigenvalue weighted by Gasteiger charge is -2.50. The molecule has 6 nitrogen and oxygen atoms in total. The first-order valence-electron chi connectivity index (χ1n) is 12.2. The minimum Gasteiger partial charge on any atom is -0.375 e. The second kappa shape index (κ2) is 9.52. The van der Waals surface area contributed by atoms with Crippen LogP contribution >= 0.6 is 0 Å². The number of piperidine rings is 1. The maximum atomic E-state index is 12.7. The third-order valence-electron chi connectivity index (χ3n) is 7.96. The SMILES string of the molecule is CC(C)N1CCN(C2CCOC3(CCN(C(=O)NC4CCCCC4)CC3)C2)CC1. The first-order valence-corrected chi connectivity index (χ1v) is 12.2. The highest BCUT2D eigenvalue weighted by Crippen LogP contribution is 2.37. The molecule has 0 radical (unpaired) electrons. The average Bonchev–Trinajstić information content (AvgIpc) is 2.75. The van der Waals surface area contributed by atoms with Gasteiger partial charge >= 0.3 is 6.03 Å². The number of amides is 2. The van der Waals surface area contributed by atoms with E-state index in [0.29, 0.717) is 18.1 Å². The molecule has 0 aromatic heterocycles. The van der Waals surface area contributed by atoms with E-state index < -0.39 is 0 Å². The summed E-state index contributed by atoms with van der Waals surface area (Å²) in [7, 11) is 0. The molecule has 0 bridgehead atoms. The summed E-state index contributed by atoms with van der Waals surface area (Å²) in [5, 5.41) is 3.29. The van der Waals surface area contributed by atoms with Crippen LogP contribution in [-0.2, 0) is 4.74 Å². The van der Waals surface area contributed by atoms with E-state index in [0.717, 1.165) is 58.2 Å². The highest BCUT2D eigenvalue weighted by molar-refractivity contribution is 5.74. The van der Waals surface area contributed by atoms with Crippen LogP contribution in [0.5, 0.6) is 0 Å². The van der Waals surface area contributed by atoms with Crippen LogP contribution in [0, 0.1) is 0 Å². The number of carbonyl (C=O) groups excluding carboxylic acids is 1. The first kappa shape index (κ1) is 21.4. The number of nitrogens with zero attached hydrogens (tertiary/aromatic N) is 3. The zero-order valence-electron chi connectivity index (χ0n) is 18.7. The van der Waals surface area contributed by atoms with Crippen LogP contribution in [0.15, 0.2) is 0 Å². The van der Waals surface area contributed by atoms with Crippen molar-refractivity contribution in [2.24, 2.45) is 0 Å². The average molecular weight is 407 g/mol. The van der Waals surface area contributed by atoms with E-state index in [4.69, 9.17) is 4.74 Å². The standard InChI is InChI=1S/C23H42N4O2/c1-19(2)25-13-15-26(16-14-25)21-8-17-29-23(18-21)9-11-27(12-10-23)22(28)24-20-6-4-3-5-7-20/h19-21H,3-18H2,1-2H3,(H,24,28). The van der Waals surface area contributed by atoms with Crippen molar-refractivity contribution in [1.82, 2.24) is 20.0 Å². The van der Waals surface area contributed by atoms with Gasteiger partial charge in [-0.3, -0.25) is 9.80 Å². The Balaban J connectivity index is 1.25. The minimum absolute atomic E-state index is 0.000280. The predicted molar refractivity (Wildman–Crippen MR) is 116 cm³/mol. The van der Waals surface area contributed by atoms with Crippen molar-refractivity contribution in [1.29, 1.82) is 0 Å². The molecular formula is C23H42N4O2. The summed E-state index contributed by atoms with van der Waals surface area (Å²) in [6, 6.07) is 1.86. The number of hydrogen-bond acceptors (Lipinski definition) is 4. The molecule has 29 heavy (non-hydrogen) atoms. The Hall–Kier alpha value is -0.850. The second-order valence-electron chi connectivity index (χ2n) is 10.1. The van der Waals surface area contributed by atoms with Gasteiger partial charge in [-0.05, 0) is 52.4 Å². The molecular weight excluding hydrogens is 364 g/mol. The number of ether oxygens (including phenoxy) is 1. The topological polar surface area (TPSA) is 48.1 Å². The zero-order valence-corrected chi connectivity index (χ0v) is 18.7. The highest BCUT2D eigenvalue weighted by atomic mass is 16.5. The second-order valence-corrected chi connectivity index (χ2v) is 10.1. The molecule has 1 saturated carbocycles. The van der Waals surface area contributed by atoms with E-state index in [-0.39, 0.29) is 11.6 Å². The van der Waals surface area contributed by atoms with Gasteiger partial charge in [-0.2, -0.15) is 0 Å². The van der Waals surface area contributed by atoms with Gasteiger partial charge in [-0.1, -0.05) is 19.3 Å². The predicted octanol–water partition coefficient (Wildman–Crippen LogP) is 3.07. The van der Waals surface area contributed by atoms with Gasteiger partial charge in [0.05, 0.1) is 5.60 Å². The fraction of sp³-hybridized carbons (Fsp3) is 0.957. The number of rotatable bonds is 3. The largest absolute Gasteiger partial charge is 0.375 e. The van der Waals surface area contributed by atoms with Crippen molar-refractivity contribution < 1.29 is 9.53 Å². The monoisotopic (exact) mass is 406 g/mol. The molecule has 1 aliphatic carbocycles.